The molecule has 0 saturated carbocycles. The number of alkyl halides is 1. The summed E-state index contributed by atoms with van der Waals surface area (Å²) in [6.07, 6.45) is -0.298. The summed E-state index contributed by atoms with van der Waals surface area (Å²) in [5.41, 5.74) is 5.43. The number of carbonyl (C=O) groups excluding carboxylic acids is 1. The van der Waals surface area contributed by atoms with Crippen molar-refractivity contribution in [3.63, 3.8) is 0 Å². The van der Waals surface area contributed by atoms with Crippen molar-refractivity contribution in [1.29, 1.82) is 0 Å². The third-order valence-electron chi connectivity index (χ3n) is 4.16. The van der Waals surface area contributed by atoms with E-state index in [4.69, 9.17) is 21.2 Å². The maximum Gasteiger partial charge on any atom is 0.288 e. The highest BCUT2D eigenvalue weighted by Gasteiger charge is 2.23. The van der Waals surface area contributed by atoms with Crippen LogP contribution in [0.2, 0.25) is 0 Å². The van der Waals surface area contributed by atoms with E-state index in [2.05, 4.69) is 10.6 Å². The largest absolute Gasteiger partial charge is 0.486 e. The number of oxime groups is 1. The van der Waals surface area contributed by atoms with Crippen molar-refractivity contribution < 1.29 is 14.4 Å². The standard InChI is InChI=1S/C21H26ClN3O3/c1-15-9-5-8-12-19(15)28-16(2)17-10-6-7-11-18(17)20(24-27-4)21(26)23-25(3)14-13-22/h5-12,16H,13-14H2,1-4H3,(H,23,26). The molecule has 1 atom stereocenters. The van der Waals surface area contributed by atoms with Crippen LogP contribution in [0, 0.1) is 6.92 Å². The van der Waals surface area contributed by atoms with E-state index in [1.54, 1.807) is 12.1 Å². The second-order valence-electron chi connectivity index (χ2n) is 6.29. The van der Waals surface area contributed by atoms with Gasteiger partial charge in [-0.25, -0.2) is 5.01 Å². The summed E-state index contributed by atoms with van der Waals surface area (Å²) in [6, 6.07) is 15.3. The number of carbonyl (C=O) groups is 1. The molecule has 0 aliphatic heterocycles. The molecule has 2 aromatic carbocycles. The van der Waals surface area contributed by atoms with Crippen LogP contribution >= 0.6 is 11.6 Å². The molecule has 0 radical (unpaired) electrons. The van der Waals surface area contributed by atoms with E-state index >= 15 is 0 Å². The molecule has 2 aromatic rings. The highest BCUT2D eigenvalue weighted by atomic mass is 35.5. The predicted molar refractivity (Wildman–Crippen MR) is 112 cm³/mol. The smallest absolute Gasteiger partial charge is 0.288 e. The second-order valence-corrected chi connectivity index (χ2v) is 6.66. The number of aryl methyl sites for hydroxylation is 1. The fourth-order valence-electron chi connectivity index (χ4n) is 2.72. The van der Waals surface area contributed by atoms with E-state index in [-0.39, 0.29) is 17.7 Å². The molecule has 0 aliphatic rings. The molecule has 0 saturated heterocycles. The Kier molecular flexibility index (Phi) is 8.29. The molecule has 150 valence electrons. The lowest BCUT2D eigenvalue weighted by Gasteiger charge is -2.21. The summed E-state index contributed by atoms with van der Waals surface area (Å²) in [5, 5.41) is 5.57. The van der Waals surface area contributed by atoms with Crippen LogP contribution in [0.15, 0.2) is 53.7 Å². The fourth-order valence-corrected chi connectivity index (χ4v) is 2.98. The Morgan fingerprint density at radius 1 is 1.21 bits per heavy atom. The molecule has 6 nitrogen and oxygen atoms in total. The lowest BCUT2D eigenvalue weighted by molar-refractivity contribution is -0.118. The highest BCUT2D eigenvalue weighted by Crippen LogP contribution is 2.27. The number of hydrazine groups is 1. The lowest BCUT2D eigenvalue weighted by atomic mass is 9.98. The number of hydrogen-bond donors (Lipinski definition) is 1. The van der Waals surface area contributed by atoms with Crippen molar-refractivity contribution in [2.24, 2.45) is 5.16 Å². The fraction of sp³-hybridized carbons (Fsp3) is 0.333. The molecule has 0 aromatic heterocycles. The molecule has 1 N–H and O–H groups in total. The highest BCUT2D eigenvalue weighted by molar-refractivity contribution is 6.45. The van der Waals surface area contributed by atoms with Crippen LogP contribution in [0.1, 0.15) is 29.7 Å². The molecule has 2 rings (SSSR count). The summed E-state index contributed by atoms with van der Waals surface area (Å²) in [5.74, 6) is 0.803. The van der Waals surface area contributed by atoms with Gasteiger partial charge >= 0.3 is 0 Å². The van der Waals surface area contributed by atoms with Gasteiger partial charge in [0.1, 0.15) is 19.0 Å². The Balaban J connectivity index is 2.32. The summed E-state index contributed by atoms with van der Waals surface area (Å²) < 4.78 is 6.14. The number of para-hydroxylation sites is 1. The van der Waals surface area contributed by atoms with Gasteiger partial charge in [-0.1, -0.05) is 47.6 Å². The van der Waals surface area contributed by atoms with Crippen molar-refractivity contribution in [3.8, 4) is 5.75 Å². The molecule has 0 spiro atoms. The average Bonchev–Trinajstić information content (AvgIpc) is 2.68. The predicted octanol–water partition coefficient (Wildman–Crippen LogP) is 3.69. The van der Waals surface area contributed by atoms with Gasteiger partial charge in [0, 0.05) is 30.6 Å². The van der Waals surface area contributed by atoms with Gasteiger partial charge < -0.3 is 9.57 Å². The van der Waals surface area contributed by atoms with Crippen LogP contribution in [0.5, 0.6) is 5.75 Å². The Morgan fingerprint density at radius 2 is 1.89 bits per heavy atom. The summed E-state index contributed by atoms with van der Waals surface area (Å²) in [4.78, 5) is 17.7. The number of rotatable bonds is 9. The van der Waals surface area contributed by atoms with Crippen LogP contribution in [0.25, 0.3) is 0 Å². The number of nitrogens with zero attached hydrogens (tertiary/aromatic N) is 2. The summed E-state index contributed by atoms with van der Waals surface area (Å²) in [6.45, 7) is 4.43. The van der Waals surface area contributed by atoms with Crippen molar-refractivity contribution in [3.05, 3.63) is 65.2 Å². The third kappa shape index (κ3) is 5.71. The maximum atomic E-state index is 12.8. The zero-order valence-corrected chi connectivity index (χ0v) is 17.4. The summed E-state index contributed by atoms with van der Waals surface area (Å²) in [7, 11) is 3.14. The Morgan fingerprint density at radius 3 is 2.57 bits per heavy atom. The monoisotopic (exact) mass is 403 g/mol. The molecule has 28 heavy (non-hydrogen) atoms. The van der Waals surface area contributed by atoms with Crippen LogP contribution in [-0.4, -0.2) is 43.2 Å². The van der Waals surface area contributed by atoms with Gasteiger partial charge in [-0.2, -0.15) is 0 Å². The van der Waals surface area contributed by atoms with Crippen molar-refractivity contribution in [2.75, 3.05) is 26.6 Å². The number of hydrogen-bond acceptors (Lipinski definition) is 5. The van der Waals surface area contributed by atoms with E-state index < -0.39 is 0 Å². The van der Waals surface area contributed by atoms with E-state index in [1.807, 2.05) is 62.4 Å². The van der Waals surface area contributed by atoms with Gasteiger partial charge in [0.2, 0.25) is 0 Å². The zero-order valence-electron chi connectivity index (χ0n) is 16.6. The first-order valence-electron chi connectivity index (χ1n) is 8.98. The molecule has 0 aliphatic carbocycles. The first kappa shape index (κ1) is 21.7. The third-order valence-corrected chi connectivity index (χ3v) is 4.33. The Bertz CT molecular complexity index is 826. The molecule has 7 heteroatoms. The van der Waals surface area contributed by atoms with E-state index in [0.29, 0.717) is 18.0 Å². The summed E-state index contributed by atoms with van der Waals surface area (Å²) >= 11 is 5.73. The Hall–Kier alpha value is -2.57. The van der Waals surface area contributed by atoms with E-state index in [9.17, 15) is 4.79 Å². The molecule has 1 unspecified atom stereocenters. The van der Waals surface area contributed by atoms with Crippen LogP contribution in [0.4, 0.5) is 0 Å². The van der Waals surface area contributed by atoms with Crippen LogP contribution < -0.4 is 10.2 Å². The van der Waals surface area contributed by atoms with E-state index in [1.165, 1.54) is 7.11 Å². The molecule has 1 amide bonds. The minimum atomic E-state index is -0.384. The van der Waals surface area contributed by atoms with Crippen molar-refractivity contribution in [2.45, 2.75) is 20.0 Å². The van der Waals surface area contributed by atoms with Crippen LogP contribution in [0.3, 0.4) is 0 Å². The molecule has 0 bridgehead atoms. The molecular weight excluding hydrogens is 378 g/mol. The SMILES string of the molecule is CON=C(C(=O)NN(C)CCCl)c1ccccc1C(C)Oc1ccccc1C. The minimum Gasteiger partial charge on any atom is -0.486 e. The maximum absolute atomic E-state index is 12.8. The quantitative estimate of drug-likeness (QED) is 0.394. The molecule has 0 fully saturated rings. The van der Waals surface area contributed by atoms with Crippen LogP contribution in [-0.2, 0) is 9.63 Å². The first-order valence-corrected chi connectivity index (χ1v) is 9.52. The van der Waals surface area contributed by atoms with Gasteiger partial charge in [-0.15, -0.1) is 11.6 Å². The van der Waals surface area contributed by atoms with Crippen molar-refractivity contribution >= 4 is 23.2 Å². The molecule has 0 heterocycles. The topological polar surface area (TPSA) is 63.2 Å². The van der Waals surface area contributed by atoms with Crippen molar-refractivity contribution in [1.82, 2.24) is 10.4 Å². The number of ether oxygens (including phenoxy) is 1. The lowest BCUT2D eigenvalue weighted by Crippen LogP contribution is -2.44. The number of halogens is 1. The van der Waals surface area contributed by atoms with Gasteiger partial charge in [0.15, 0.2) is 5.71 Å². The first-order chi connectivity index (χ1) is 13.5. The minimum absolute atomic E-state index is 0.166. The van der Waals surface area contributed by atoms with Gasteiger partial charge in [0.25, 0.3) is 5.91 Å². The normalized spacial score (nSPS) is 12.6. The number of benzene rings is 2. The van der Waals surface area contributed by atoms with Gasteiger partial charge in [-0.05, 0) is 25.5 Å². The second kappa shape index (κ2) is 10.7. The van der Waals surface area contributed by atoms with Gasteiger partial charge in [0.05, 0.1) is 0 Å². The number of amides is 1. The van der Waals surface area contributed by atoms with E-state index in [0.717, 1.165) is 16.9 Å². The average molecular weight is 404 g/mol. The zero-order chi connectivity index (χ0) is 20.5. The number of nitrogens with one attached hydrogen (secondary N) is 1. The molecular formula is C21H26ClN3O3. The van der Waals surface area contributed by atoms with Gasteiger partial charge in [-0.3, -0.25) is 10.2 Å². The Labute approximate surface area is 171 Å².